The average Bonchev–Trinajstić information content (AvgIpc) is 3.22. The zero-order valence-electron chi connectivity index (χ0n) is 18.7. The van der Waals surface area contributed by atoms with Gasteiger partial charge in [-0.2, -0.15) is 0 Å². The fourth-order valence-corrected chi connectivity index (χ4v) is 3.72. The maximum absolute atomic E-state index is 12.3. The predicted molar refractivity (Wildman–Crippen MR) is 121 cm³/mol. The number of likely N-dealkylation sites (N-methyl/N-ethyl adjacent to an activating group) is 1. The summed E-state index contributed by atoms with van der Waals surface area (Å²) in [6.07, 6.45) is 3.79. The van der Waals surface area contributed by atoms with Gasteiger partial charge in [0.25, 0.3) is 5.91 Å². The topological polar surface area (TPSA) is 89.1 Å². The average molecular weight is 417 g/mol. The van der Waals surface area contributed by atoms with Gasteiger partial charge in [-0.05, 0) is 49.9 Å². The molecule has 0 aliphatic carbocycles. The number of likely N-dealkylation sites (tertiary alicyclic amines) is 1. The van der Waals surface area contributed by atoms with Crippen LogP contribution in [0, 0.1) is 0 Å². The van der Waals surface area contributed by atoms with E-state index < -0.39 is 0 Å². The van der Waals surface area contributed by atoms with Crippen molar-refractivity contribution in [2.24, 2.45) is 4.99 Å². The summed E-state index contributed by atoms with van der Waals surface area (Å²) in [5, 5.41) is 9.30. The molecule has 0 saturated carbocycles. The van der Waals surface area contributed by atoms with Gasteiger partial charge in [0.05, 0.1) is 6.04 Å². The molecule has 30 heavy (non-hydrogen) atoms. The van der Waals surface area contributed by atoms with Gasteiger partial charge in [-0.25, -0.2) is 0 Å². The number of nitrogens with one attached hydrogen (secondary N) is 3. The summed E-state index contributed by atoms with van der Waals surface area (Å²) >= 11 is 0. The molecule has 2 rings (SSSR count). The summed E-state index contributed by atoms with van der Waals surface area (Å²) in [6, 6.07) is 7.68. The largest absolute Gasteiger partial charge is 0.356 e. The minimum Gasteiger partial charge on any atom is -0.356 e. The predicted octanol–water partition coefficient (Wildman–Crippen LogP) is 0.696. The Hall–Kier alpha value is -2.61. The SMILES string of the molecule is CN=C(NCCCN1CCCC1C(=O)N(C)C)NCCc1cccc(C(=O)NC)c1. The van der Waals surface area contributed by atoms with E-state index in [1.54, 1.807) is 19.0 Å². The first-order valence-corrected chi connectivity index (χ1v) is 10.7. The van der Waals surface area contributed by atoms with Crippen LogP contribution in [0.3, 0.4) is 0 Å². The standard InChI is InChI=1S/C22H36N6O2/c1-23-20(29)18-9-5-8-17(16-18)11-13-26-22(24-2)25-12-7-15-28-14-6-10-19(28)21(30)27(3)4/h5,8-9,16,19H,6-7,10-15H2,1-4H3,(H,23,29)(H2,24,25,26). The van der Waals surface area contributed by atoms with Gasteiger partial charge in [-0.15, -0.1) is 0 Å². The van der Waals surface area contributed by atoms with Crippen LogP contribution >= 0.6 is 0 Å². The fourth-order valence-electron chi connectivity index (χ4n) is 3.72. The molecule has 1 aromatic carbocycles. The Balaban J connectivity index is 1.69. The zero-order chi connectivity index (χ0) is 21.9. The molecule has 1 atom stereocenters. The van der Waals surface area contributed by atoms with E-state index in [-0.39, 0.29) is 17.9 Å². The highest BCUT2D eigenvalue weighted by molar-refractivity contribution is 5.94. The third-order valence-electron chi connectivity index (χ3n) is 5.35. The molecule has 0 spiro atoms. The zero-order valence-corrected chi connectivity index (χ0v) is 18.7. The Morgan fingerprint density at radius 1 is 1.23 bits per heavy atom. The Morgan fingerprint density at radius 2 is 2.00 bits per heavy atom. The smallest absolute Gasteiger partial charge is 0.251 e. The van der Waals surface area contributed by atoms with Crippen LogP contribution in [0.5, 0.6) is 0 Å². The van der Waals surface area contributed by atoms with E-state index in [0.29, 0.717) is 5.56 Å². The lowest BCUT2D eigenvalue weighted by Gasteiger charge is -2.26. The van der Waals surface area contributed by atoms with Crippen molar-refractivity contribution < 1.29 is 9.59 Å². The molecule has 166 valence electrons. The van der Waals surface area contributed by atoms with Crippen LogP contribution in [0.1, 0.15) is 35.2 Å². The van der Waals surface area contributed by atoms with Gasteiger partial charge < -0.3 is 20.9 Å². The molecule has 1 aromatic rings. The van der Waals surface area contributed by atoms with E-state index in [0.717, 1.165) is 63.4 Å². The van der Waals surface area contributed by atoms with Gasteiger partial charge in [-0.3, -0.25) is 19.5 Å². The summed E-state index contributed by atoms with van der Waals surface area (Å²) < 4.78 is 0. The summed E-state index contributed by atoms with van der Waals surface area (Å²) in [5.41, 5.74) is 1.77. The molecule has 1 fully saturated rings. The van der Waals surface area contributed by atoms with Crippen LogP contribution in [-0.4, -0.2) is 88.0 Å². The van der Waals surface area contributed by atoms with Crippen LogP contribution < -0.4 is 16.0 Å². The number of carbonyl (C=O) groups excluding carboxylic acids is 2. The lowest BCUT2D eigenvalue weighted by atomic mass is 10.1. The highest BCUT2D eigenvalue weighted by atomic mass is 16.2. The van der Waals surface area contributed by atoms with E-state index in [4.69, 9.17) is 0 Å². The van der Waals surface area contributed by atoms with Crippen LogP contribution in [0.25, 0.3) is 0 Å². The van der Waals surface area contributed by atoms with Crippen LogP contribution in [0.4, 0.5) is 0 Å². The first-order valence-electron chi connectivity index (χ1n) is 10.7. The molecular weight excluding hydrogens is 380 g/mol. The number of carbonyl (C=O) groups is 2. The van der Waals surface area contributed by atoms with Crippen molar-refractivity contribution in [3.63, 3.8) is 0 Å². The van der Waals surface area contributed by atoms with Crippen molar-refractivity contribution in [1.82, 2.24) is 25.8 Å². The Morgan fingerprint density at radius 3 is 2.70 bits per heavy atom. The summed E-state index contributed by atoms with van der Waals surface area (Å²) in [7, 11) is 7.04. The van der Waals surface area contributed by atoms with Crippen molar-refractivity contribution in [3.05, 3.63) is 35.4 Å². The molecule has 1 aliphatic heterocycles. The van der Waals surface area contributed by atoms with Gasteiger partial charge in [0.1, 0.15) is 0 Å². The molecule has 3 N–H and O–H groups in total. The second-order valence-electron chi connectivity index (χ2n) is 7.74. The first-order chi connectivity index (χ1) is 14.5. The molecule has 0 radical (unpaired) electrons. The molecule has 8 nitrogen and oxygen atoms in total. The van der Waals surface area contributed by atoms with E-state index >= 15 is 0 Å². The number of benzene rings is 1. The number of rotatable bonds is 9. The van der Waals surface area contributed by atoms with Crippen LogP contribution in [0.15, 0.2) is 29.3 Å². The van der Waals surface area contributed by atoms with Crippen molar-refractivity contribution in [2.45, 2.75) is 31.7 Å². The third-order valence-corrected chi connectivity index (χ3v) is 5.35. The molecule has 0 aromatic heterocycles. The Bertz CT molecular complexity index is 734. The highest BCUT2D eigenvalue weighted by Gasteiger charge is 2.30. The molecule has 1 saturated heterocycles. The number of hydrogen-bond acceptors (Lipinski definition) is 4. The monoisotopic (exact) mass is 416 g/mol. The Kier molecular flexibility index (Phi) is 9.60. The van der Waals surface area contributed by atoms with Gasteiger partial charge >= 0.3 is 0 Å². The lowest BCUT2D eigenvalue weighted by Crippen LogP contribution is -2.44. The third kappa shape index (κ3) is 7.02. The Labute approximate surface area is 180 Å². The number of hydrogen-bond donors (Lipinski definition) is 3. The molecular formula is C22H36N6O2. The second kappa shape index (κ2) is 12.2. The quantitative estimate of drug-likeness (QED) is 0.313. The van der Waals surface area contributed by atoms with Crippen molar-refractivity contribution >= 4 is 17.8 Å². The van der Waals surface area contributed by atoms with E-state index in [1.165, 1.54) is 0 Å². The van der Waals surface area contributed by atoms with E-state index in [1.807, 2.05) is 38.4 Å². The number of guanidine groups is 1. The molecule has 2 amide bonds. The minimum atomic E-state index is -0.0743. The normalized spacial score (nSPS) is 16.9. The maximum atomic E-state index is 12.3. The molecule has 0 bridgehead atoms. The minimum absolute atomic E-state index is 0.0305. The van der Waals surface area contributed by atoms with Crippen molar-refractivity contribution in [3.8, 4) is 0 Å². The second-order valence-corrected chi connectivity index (χ2v) is 7.74. The van der Waals surface area contributed by atoms with Crippen molar-refractivity contribution in [1.29, 1.82) is 0 Å². The van der Waals surface area contributed by atoms with Crippen molar-refractivity contribution in [2.75, 3.05) is 54.4 Å². The van der Waals surface area contributed by atoms with Gasteiger partial charge in [0.2, 0.25) is 5.91 Å². The fraction of sp³-hybridized carbons (Fsp3) is 0.591. The lowest BCUT2D eigenvalue weighted by molar-refractivity contribution is -0.133. The molecule has 1 unspecified atom stereocenters. The molecule has 1 aliphatic rings. The first kappa shape index (κ1) is 23.7. The summed E-state index contributed by atoms with van der Waals surface area (Å²) in [5.74, 6) is 0.896. The van der Waals surface area contributed by atoms with Gasteiger partial charge in [-0.1, -0.05) is 12.1 Å². The summed E-state index contributed by atoms with van der Waals surface area (Å²) in [4.78, 5) is 32.3. The highest BCUT2D eigenvalue weighted by Crippen LogP contribution is 2.18. The number of aliphatic imine (C=N–C) groups is 1. The van der Waals surface area contributed by atoms with Gasteiger partial charge in [0, 0.05) is 53.4 Å². The van der Waals surface area contributed by atoms with Crippen LogP contribution in [0.2, 0.25) is 0 Å². The van der Waals surface area contributed by atoms with E-state index in [2.05, 4.69) is 25.8 Å². The molecule has 1 heterocycles. The maximum Gasteiger partial charge on any atom is 0.251 e. The molecule has 8 heteroatoms. The number of amides is 2. The van der Waals surface area contributed by atoms with E-state index in [9.17, 15) is 9.59 Å². The van der Waals surface area contributed by atoms with Gasteiger partial charge in [0.15, 0.2) is 5.96 Å². The number of nitrogens with zero attached hydrogens (tertiary/aromatic N) is 3. The summed E-state index contributed by atoms with van der Waals surface area (Å²) in [6.45, 7) is 3.42. The van der Waals surface area contributed by atoms with Crippen LogP contribution in [-0.2, 0) is 11.2 Å².